The smallest absolute Gasteiger partial charge is 0.249 e. The number of thiazole rings is 1. The van der Waals surface area contributed by atoms with Crippen molar-refractivity contribution in [2.45, 2.75) is 13.8 Å². The molecule has 1 amide bonds. The maximum absolute atomic E-state index is 11.7. The van der Waals surface area contributed by atoms with Gasteiger partial charge in [-0.1, -0.05) is 24.3 Å². The number of primary amides is 1. The minimum Gasteiger partial charge on any atom is -0.366 e. The molecule has 110 valence electrons. The molecule has 0 atom stereocenters. The van der Waals surface area contributed by atoms with Crippen molar-refractivity contribution in [3.05, 3.63) is 64.7 Å². The molecule has 0 fully saturated rings. The summed E-state index contributed by atoms with van der Waals surface area (Å²) in [5, 5.41) is 2.70. The Labute approximate surface area is 133 Å². The van der Waals surface area contributed by atoms with Gasteiger partial charge in [-0.25, -0.2) is 4.98 Å². The van der Waals surface area contributed by atoms with Crippen molar-refractivity contribution in [3.8, 4) is 21.7 Å². The Kier molecular flexibility index (Phi) is 3.77. The first kappa shape index (κ1) is 14.5. The standard InChI is InChI=1S/C18H16N2OS/c1-11-4-3-5-14(12(11)2)13-6-7-15(17(19)21)16(10-13)18-20-8-9-22-18/h3-10H,1-2H3,(H2,19,21). The van der Waals surface area contributed by atoms with Crippen LogP contribution in [0.3, 0.4) is 0 Å². The Morgan fingerprint density at radius 2 is 1.95 bits per heavy atom. The lowest BCUT2D eigenvalue weighted by Crippen LogP contribution is -2.12. The van der Waals surface area contributed by atoms with Gasteiger partial charge in [0.25, 0.3) is 0 Å². The lowest BCUT2D eigenvalue weighted by molar-refractivity contribution is 0.100. The van der Waals surface area contributed by atoms with Gasteiger partial charge in [-0.3, -0.25) is 4.79 Å². The van der Waals surface area contributed by atoms with Crippen LogP contribution in [0.5, 0.6) is 0 Å². The van der Waals surface area contributed by atoms with Gasteiger partial charge in [-0.15, -0.1) is 11.3 Å². The zero-order valence-electron chi connectivity index (χ0n) is 12.5. The van der Waals surface area contributed by atoms with Gasteiger partial charge in [0.2, 0.25) is 5.91 Å². The number of hydrogen-bond acceptors (Lipinski definition) is 3. The summed E-state index contributed by atoms with van der Waals surface area (Å²) in [6.07, 6.45) is 1.73. The van der Waals surface area contributed by atoms with Crippen LogP contribution in [-0.2, 0) is 0 Å². The Morgan fingerprint density at radius 1 is 1.14 bits per heavy atom. The van der Waals surface area contributed by atoms with Gasteiger partial charge in [0, 0.05) is 22.7 Å². The van der Waals surface area contributed by atoms with Crippen LogP contribution in [-0.4, -0.2) is 10.9 Å². The summed E-state index contributed by atoms with van der Waals surface area (Å²) in [7, 11) is 0. The highest BCUT2D eigenvalue weighted by atomic mass is 32.1. The van der Waals surface area contributed by atoms with Crippen molar-refractivity contribution in [3.63, 3.8) is 0 Å². The third kappa shape index (κ3) is 2.53. The predicted molar refractivity (Wildman–Crippen MR) is 91.0 cm³/mol. The first-order chi connectivity index (χ1) is 10.6. The fourth-order valence-electron chi connectivity index (χ4n) is 2.52. The SMILES string of the molecule is Cc1cccc(-c2ccc(C(N)=O)c(-c3nccs3)c2)c1C. The summed E-state index contributed by atoms with van der Waals surface area (Å²) in [4.78, 5) is 16.0. The van der Waals surface area contributed by atoms with Crippen molar-refractivity contribution < 1.29 is 4.79 Å². The second-order valence-corrected chi connectivity index (χ2v) is 6.10. The van der Waals surface area contributed by atoms with Crippen molar-refractivity contribution in [1.82, 2.24) is 4.98 Å². The van der Waals surface area contributed by atoms with Crippen molar-refractivity contribution in [2.75, 3.05) is 0 Å². The number of rotatable bonds is 3. The summed E-state index contributed by atoms with van der Waals surface area (Å²) in [6.45, 7) is 4.20. The molecule has 3 nitrogen and oxygen atoms in total. The molecule has 0 aliphatic carbocycles. The Bertz CT molecular complexity index is 838. The average Bonchev–Trinajstić information content (AvgIpc) is 3.03. The second-order valence-electron chi connectivity index (χ2n) is 5.21. The van der Waals surface area contributed by atoms with Crippen molar-refractivity contribution in [2.24, 2.45) is 5.73 Å². The molecule has 1 heterocycles. The summed E-state index contributed by atoms with van der Waals surface area (Å²) in [5.74, 6) is -0.433. The molecule has 0 unspecified atom stereocenters. The fourth-order valence-corrected chi connectivity index (χ4v) is 3.19. The monoisotopic (exact) mass is 308 g/mol. The molecule has 22 heavy (non-hydrogen) atoms. The van der Waals surface area contributed by atoms with Crippen LogP contribution >= 0.6 is 11.3 Å². The Morgan fingerprint density at radius 3 is 2.64 bits per heavy atom. The number of amides is 1. The minimum absolute atomic E-state index is 0.433. The first-order valence-electron chi connectivity index (χ1n) is 6.98. The first-order valence-corrected chi connectivity index (χ1v) is 7.86. The lowest BCUT2D eigenvalue weighted by atomic mass is 9.94. The topological polar surface area (TPSA) is 56.0 Å². The highest BCUT2D eigenvalue weighted by Crippen LogP contribution is 2.32. The number of benzene rings is 2. The number of hydrogen-bond donors (Lipinski definition) is 1. The molecule has 4 heteroatoms. The number of aromatic nitrogens is 1. The van der Waals surface area contributed by atoms with E-state index in [0.29, 0.717) is 5.56 Å². The number of nitrogens with zero attached hydrogens (tertiary/aromatic N) is 1. The van der Waals surface area contributed by atoms with Gasteiger partial charge in [0.1, 0.15) is 5.01 Å². The maximum atomic E-state index is 11.7. The van der Waals surface area contributed by atoms with Crippen LogP contribution in [0.1, 0.15) is 21.5 Å². The highest BCUT2D eigenvalue weighted by Gasteiger charge is 2.14. The predicted octanol–water partition coefficient (Wildman–Crippen LogP) is 4.19. The van der Waals surface area contributed by atoms with Crippen molar-refractivity contribution in [1.29, 1.82) is 0 Å². The zero-order valence-corrected chi connectivity index (χ0v) is 13.3. The molecule has 0 bridgehead atoms. The van der Waals surface area contributed by atoms with Crippen LogP contribution < -0.4 is 5.73 Å². The van der Waals surface area contributed by atoms with E-state index in [4.69, 9.17) is 5.73 Å². The third-order valence-corrected chi connectivity index (χ3v) is 4.67. The summed E-state index contributed by atoms with van der Waals surface area (Å²) in [5.41, 5.74) is 11.5. The van der Waals surface area contributed by atoms with E-state index in [0.717, 1.165) is 21.7 Å². The van der Waals surface area contributed by atoms with Crippen molar-refractivity contribution >= 4 is 17.2 Å². The maximum Gasteiger partial charge on any atom is 0.249 e. The van der Waals surface area contributed by atoms with E-state index in [2.05, 4.69) is 31.0 Å². The number of carbonyl (C=O) groups is 1. The molecule has 2 aromatic carbocycles. The van der Waals surface area contributed by atoms with E-state index < -0.39 is 5.91 Å². The van der Waals surface area contributed by atoms with E-state index in [1.165, 1.54) is 22.5 Å². The molecule has 0 aliphatic rings. The Balaban J connectivity index is 2.21. The molecule has 1 aromatic heterocycles. The normalized spacial score (nSPS) is 10.6. The highest BCUT2D eigenvalue weighted by molar-refractivity contribution is 7.13. The summed E-state index contributed by atoms with van der Waals surface area (Å²) in [6, 6.07) is 12.0. The van der Waals surface area contributed by atoms with E-state index >= 15 is 0 Å². The van der Waals surface area contributed by atoms with Gasteiger partial charge in [-0.2, -0.15) is 0 Å². The number of nitrogens with two attached hydrogens (primary N) is 1. The molecule has 2 N–H and O–H groups in total. The molecule has 0 radical (unpaired) electrons. The fraction of sp³-hybridized carbons (Fsp3) is 0.111. The molecule has 0 saturated carbocycles. The molecule has 3 aromatic rings. The summed E-state index contributed by atoms with van der Waals surface area (Å²) < 4.78 is 0. The van der Waals surface area contributed by atoms with Gasteiger partial charge in [0.05, 0.1) is 0 Å². The van der Waals surface area contributed by atoms with Crippen LogP contribution in [0, 0.1) is 13.8 Å². The summed E-state index contributed by atoms with van der Waals surface area (Å²) >= 11 is 1.50. The van der Waals surface area contributed by atoms with Crippen LogP contribution in [0.15, 0.2) is 48.0 Å². The average molecular weight is 308 g/mol. The molecule has 0 saturated heterocycles. The number of aryl methyl sites for hydroxylation is 1. The molecule has 0 spiro atoms. The number of carbonyl (C=O) groups excluding carboxylic acids is 1. The second kappa shape index (κ2) is 5.73. The molecule has 3 rings (SSSR count). The van der Waals surface area contributed by atoms with Crippen LogP contribution in [0.2, 0.25) is 0 Å². The quantitative estimate of drug-likeness (QED) is 0.788. The van der Waals surface area contributed by atoms with E-state index in [9.17, 15) is 4.79 Å². The van der Waals surface area contributed by atoms with E-state index in [1.807, 2.05) is 23.6 Å². The van der Waals surface area contributed by atoms with E-state index in [1.54, 1.807) is 12.3 Å². The van der Waals surface area contributed by atoms with Crippen LogP contribution in [0.25, 0.3) is 21.7 Å². The molecular formula is C18H16N2OS. The Hall–Kier alpha value is -2.46. The minimum atomic E-state index is -0.433. The lowest BCUT2D eigenvalue weighted by Gasteiger charge is -2.11. The van der Waals surface area contributed by atoms with Crippen LogP contribution in [0.4, 0.5) is 0 Å². The van der Waals surface area contributed by atoms with Gasteiger partial charge >= 0.3 is 0 Å². The van der Waals surface area contributed by atoms with Gasteiger partial charge < -0.3 is 5.73 Å². The molecule has 0 aliphatic heterocycles. The largest absolute Gasteiger partial charge is 0.366 e. The van der Waals surface area contributed by atoms with E-state index in [-0.39, 0.29) is 0 Å². The zero-order chi connectivity index (χ0) is 15.7. The van der Waals surface area contributed by atoms with Gasteiger partial charge in [0.15, 0.2) is 0 Å². The van der Waals surface area contributed by atoms with Gasteiger partial charge in [-0.05, 0) is 48.2 Å². The molecular weight excluding hydrogens is 292 g/mol. The third-order valence-electron chi connectivity index (χ3n) is 3.86.